The van der Waals surface area contributed by atoms with Crippen molar-refractivity contribution in [2.45, 2.75) is 26.8 Å². The Kier molecular flexibility index (Phi) is 3.87. The molecule has 1 aliphatic rings. The molecule has 0 amide bonds. The third kappa shape index (κ3) is 2.97. The van der Waals surface area contributed by atoms with Gasteiger partial charge in [0.15, 0.2) is 10.9 Å². The third-order valence-corrected chi connectivity index (χ3v) is 4.49. The average molecular weight is 317 g/mol. The number of Topliss-reactive ketones (excluding diaryl/α,β-unsaturated/α-hetero) is 1. The fourth-order valence-corrected chi connectivity index (χ4v) is 2.71. The molecule has 1 aromatic heterocycles. The quantitative estimate of drug-likeness (QED) is 0.814. The van der Waals surface area contributed by atoms with Crippen LogP contribution >= 0.6 is 11.6 Å². The maximum Gasteiger partial charge on any atom is 0.267 e. The van der Waals surface area contributed by atoms with Crippen LogP contribution in [0.25, 0.3) is 0 Å². The van der Waals surface area contributed by atoms with E-state index in [4.69, 9.17) is 11.6 Å². The van der Waals surface area contributed by atoms with E-state index in [0.29, 0.717) is 28.7 Å². The van der Waals surface area contributed by atoms with Crippen molar-refractivity contribution in [3.8, 4) is 0 Å². The van der Waals surface area contributed by atoms with E-state index in [0.717, 1.165) is 12.0 Å². The molecule has 22 heavy (non-hydrogen) atoms. The van der Waals surface area contributed by atoms with Gasteiger partial charge in [0, 0.05) is 17.5 Å². The number of benzene rings is 1. The molecular formula is C17H17ClN2O2. The molecule has 1 aromatic carbocycles. The second-order valence-electron chi connectivity index (χ2n) is 6.00. The monoisotopic (exact) mass is 316 g/mol. The number of carbonyl (C=O) groups excluding carboxylic acids is 1. The largest absolute Gasteiger partial charge is 0.294 e. The molecule has 0 N–H and O–H groups in total. The van der Waals surface area contributed by atoms with Gasteiger partial charge in [-0.15, -0.1) is 0 Å². The van der Waals surface area contributed by atoms with Crippen LogP contribution in [0.15, 0.2) is 35.1 Å². The second kappa shape index (κ2) is 5.69. The molecule has 1 heterocycles. The Morgan fingerprint density at radius 1 is 1.41 bits per heavy atom. The Morgan fingerprint density at radius 3 is 2.82 bits per heavy atom. The highest BCUT2D eigenvalue weighted by molar-refractivity contribution is 6.30. The van der Waals surface area contributed by atoms with Crippen LogP contribution in [-0.4, -0.2) is 15.6 Å². The van der Waals surface area contributed by atoms with Gasteiger partial charge in [-0.05, 0) is 36.5 Å². The normalized spacial score (nSPS) is 20.0. The van der Waals surface area contributed by atoms with Gasteiger partial charge < -0.3 is 0 Å². The Morgan fingerprint density at radius 2 is 2.14 bits per heavy atom. The van der Waals surface area contributed by atoms with Gasteiger partial charge in [0.2, 0.25) is 0 Å². The van der Waals surface area contributed by atoms with Crippen LogP contribution in [-0.2, 0) is 6.54 Å². The molecule has 2 unspecified atom stereocenters. The zero-order valence-corrected chi connectivity index (χ0v) is 13.3. The molecule has 2 atom stereocenters. The first-order chi connectivity index (χ1) is 10.5. The average Bonchev–Trinajstić information content (AvgIpc) is 3.21. The minimum absolute atomic E-state index is 0.157. The van der Waals surface area contributed by atoms with Gasteiger partial charge in [-0.3, -0.25) is 9.59 Å². The van der Waals surface area contributed by atoms with Crippen molar-refractivity contribution in [3.05, 3.63) is 62.5 Å². The number of ketones is 1. The highest BCUT2D eigenvalue weighted by Crippen LogP contribution is 2.40. The standard InChI is InChI=1S/C17H17ClN2O2/c1-10-6-14(10)16(22)13-5-3-4-12(8-13)9-20-15(21)7-11(2)17(18)19-20/h3-5,7-8,10,14H,6,9H2,1-2H3. The van der Waals surface area contributed by atoms with Crippen LogP contribution < -0.4 is 5.56 Å². The lowest BCUT2D eigenvalue weighted by molar-refractivity contribution is 0.0962. The predicted octanol–water partition coefficient (Wildman–Crippen LogP) is 3.09. The van der Waals surface area contributed by atoms with E-state index in [1.165, 1.54) is 10.7 Å². The van der Waals surface area contributed by atoms with E-state index >= 15 is 0 Å². The van der Waals surface area contributed by atoms with Gasteiger partial charge in [-0.1, -0.05) is 36.7 Å². The molecule has 4 nitrogen and oxygen atoms in total. The van der Waals surface area contributed by atoms with Gasteiger partial charge in [0.05, 0.1) is 6.54 Å². The first-order valence-electron chi connectivity index (χ1n) is 7.33. The van der Waals surface area contributed by atoms with Gasteiger partial charge in [-0.25, -0.2) is 4.68 Å². The van der Waals surface area contributed by atoms with Gasteiger partial charge >= 0.3 is 0 Å². The summed E-state index contributed by atoms with van der Waals surface area (Å²) < 4.78 is 1.32. The second-order valence-corrected chi connectivity index (χ2v) is 6.36. The lowest BCUT2D eigenvalue weighted by atomic mass is 10.0. The summed E-state index contributed by atoms with van der Waals surface area (Å²) >= 11 is 5.97. The zero-order valence-electron chi connectivity index (χ0n) is 12.5. The Labute approximate surface area is 133 Å². The number of hydrogen-bond donors (Lipinski definition) is 0. The molecular weight excluding hydrogens is 300 g/mol. The molecule has 0 bridgehead atoms. The van der Waals surface area contributed by atoms with E-state index in [1.807, 2.05) is 24.3 Å². The highest BCUT2D eigenvalue weighted by atomic mass is 35.5. The molecule has 1 saturated carbocycles. The van der Waals surface area contributed by atoms with Crippen molar-refractivity contribution >= 4 is 17.4 Å². The van der Waals surface area contributed by atoms with E-state index in [1.54, 1.807) is 6.92 Å². The van der Waals surface area contributed by atoms with Crippen molar-refractivity contribution < 1.29 is 4.79 Å². The van der Waals surface area contributed by atoms with Crippen molar-refractivity contribution in [1.29, 1.82) is 0 Å². The molecule has 114 valence electrons. The number of aromatic nitrogens is 2. The van der Waals surface area contributed by atoms with E-state index < -0.39 is 0 Å². The number of halogens is 1. The van der Waals surface area contributed by atoms with Gasteiger partial charge in [0.25, 0.3) is 5.56 Å². The zero-order chi connectivity index (χ0) is 15.9. The number of nitrogens with zero attached hydrogens (tertiary/aromatic N) is 2. The molecule has 2 aromatic rings. The molecule has 0 aliphatic heterocycles. The topological polar surface area (TPSA) is 52.0 Å². The van der Waals surface area contributed by atoms with Crippen molar-refractivity contribution in [3.63, 3.8) is 0 Å². The lowest BCUT2D eigenvalue weighted by Gasteiger charge is -2.08. The summed E-state index contributed by atoms with van der Waals surface area (Å²) in [5, 5.41) is 4.40. The molecule has 1 fully saturated rings. The summed E-state index contributed by atoms with van der Waals surface area (Å²) in [4.78, 5) is 24.2. The summed E-state index contributed by atoms with van der Waals surface area (Å²) in [5.41, 5.74) is 2.04. The Balaban J connectivity index is 1.86. The van der Waals surface area contributed by atoms with E-state index in [9.17, 15) is 9.59 Å². The first-order valence-corrected chi connectivity index (χ1v) is 7.71. The lowest BCUT2D eigenvalue weighted by Crippen LogP contribution is -2.23. The summed E-state index contributed by atoms with van der Waals surface area (Å²) in [6.45, 7) is 4.14. The molecule has 0 saturated heterocycles. The molecule has 1 aliphatic carbocycles. The maximum absolute atomic E-state index is 12.3. The van der Waals surface area contributed by atoms with Crippen molar-refractivity contribution in [2.24, 2.45) is 11.8 Å². The SMILES string of the molecule is Cc1cc(=O)n(Cc2cccc(C(=O)C3CC3C)c2)nc1Cl. The Hall–Kier alpha value is -1.94. The van der Waals surface area contributed by atoms with Crippen molar-refractivity contribution in [1.82, 2.24) is 9.78 Å². The highest BCUT2D eigenvalue weighted by Gasteiger charge is 2.39. The minimum Gasteiger partial charge on any atom is -0.294 e. The van der Waals surface area contributed by atoms with E-state index in [2.05, 4.69) is 12.0 Å². The summed E-state index contributed by atoms with van der Waals surface area (Å²) in [6.07, 6.45) is 0.970. The van der Waals surface area contributed by atoms with E-state index in [-0.39, 0.29) is 17.3 Å². The Bertz CT molecular complexity index is 797. The smallest absolute Gasteiger partial charge is 0.267 e. The predicted molar refractivity (Wildman–Crippen MR) is 85.4 cm³/mol. The third-order valence-electron chi connectivity index (χ3n) is 4.12. The number of hydrogen-bond acceptors (Lipinski definition) is 3. The van der Waals surface area contributed by atoms with Crippen LogP contribution in [0.5, 0.6) is 0 Å². The van der Waals surface area contributed by atoms with Crippen molar-refractivity contribution in [2.75, 3.05) is 0 Å². The fraction of sp³-hybridized carbons (Fsp3) is 0.353. The van der Waals surface area contributed by atoms with Gasteiger partial charge in [-0.2, -0.15) is 5.10 Å². The number of carbonyl (C=O) groups is 1. The summed E-state index contributed by atoms with van der Waals surface area (Å²) in [5.74, 6) is 0.831. The van der Waals surface area contributed by atoms with Crippen LogP contribution in [0.3, 0.4) is 0 Å². The fourth-order valence-electron chi connectivity index (χ4n) is 2.56. The number of aryl methyl sites for hydroxylation is 1. The minimum atomic E-state index is -0.200. The van der Waals surface area contributed by atoms with Crippen LogP contribution in [0.4, 0.5) is 0 Å². The summed E-state index contributed by atoms with van der Waals surface area (Å²) in [6, 6.07) is 8.87. The van der Waals surface area contributed by atoms with Crippen LogP contribution in [0, 0.1) is 18.8 Å². The number of rotatable bonds is 4. The van der Waals surface area contributed by atoms with Crippen LogP contribution in [0.1, 0.15) is 34.8 Å². The molecule has 3 rings (SSSR count). The maximum atomic E-state index is 12.3. The molecule has 0 radical (unpaired) electrons. The summed E-state index contributed by atoms with van der Waals surface area (Å²) in [7, 11) is 0. The molecule has 5 heteroatoms. The van der Waals surface area contributed by atoms with Gasteiger partial charge in [0.1, 0.15) is 0 Å². The van der Waals surface area contributed by atoms with Crippen LogP contribution in [0.2, 0.25) is 5.15 Å². The molecule has 0 spiro atoms. The first kappa shape index (κ1) is 15.0.